The van der Waals surface area contributed by atoms with Gasteiger partial charge in [-0.05, 0) is 36.4 Å². The number of ether oxygens (including phenoxy) is 1. The third kappa shape index (κ3) is 5.09. The van der Waals surface area contributed by atoms with Gasteiger partial charge < -0.3 is 4.74 Å². The molecule has 0 heterocycles. The van der Waals surface area contributed by atoms with Gasteiger partial charge in [0.2, 0.25) is 5.91 Å². The molecule has 0 radical (unpaired) electrons. The molecule has 0 aromatic heterocycles. The van der Waals surface area contributed by atoms with E-state index in [0.29, 0.717) is 10.8 Å². The molecule has 0 unspecified atom stereocenters. The second-order valence-corrected chi connectivity index (χ2v) is 5.76. The molecule has 4 nitrogen and oxygen atoms in total. The minimum Gasteiger partial charge on any atom is -0.496 e. The van der Waals surface area contributed by atoms with Gasteiger partial charge in [0.15, 0.2) is 0 Å². The van der Waals surface area contributed by atoms with Crippen molar-refractivity contribution >= 4 is 35.5 Å². The molecule has 0 fully saturated rings. The van der Waals surface area contributed by atoms with Crippen molar-refractivity contribution in [1.29, 1.82) is 0 Å². The summed E-state index contributed by atoms with van der Waals surface area (Å²) in [5, 5.41) is 4.61. The molecule has 0 spiro atoms. The van der Waals surface area contributed by atoms with E-state index in [9.17, 15) is 4.79 Å². The van der Waals surface area contributed by atoms with Gasteiger partial charge in [0, 0.05) is 15.5 Å². The SMILES string of the molecule is COc1ccccc1/C=N/NC(=O)CSc1ccc(Cl)cc1. The lowest BCUT2D eigenvalue weighted by atomic mass is 10.2. The van der Waals surface area contributed by atoms with Crippen molar-refractivity contribution < 1.29 is 9.53 Å². The standard InChI is InChI=1S/C16H15ClN2O2S/c1-21-15-5-3-2-4-12(15)10-18-19-16(20)11-22-14-8-6-13(17)7-9-14/h2-10H,11H2,1H3,(H,19,20)/b18-10+. The van der Waals surface area contributed by atoms with Crippen LogP contribution in [0.1, 0.15) is 5.56 Å². The van der Waals surface area contributed by atoms with Crippen molar-refractivity contribution in [2.45, 2.75) is 4.90 Å². The number of para-hydroxylation sites is 1. The molecule has 114 valence electrons. The Kier molecular flexibility index (Phi) is 6.30. The highest BCUT2D eigenvalue weighted by atomic mass is 35.5. The Bertz CT molecular complexity index is 659. The van der Waals surface area contributed by atoms with Crippen LogP contribution in [-0.2, 0) is 4.79 Å². The van der Waals surface area contributed by atoms with E-state index >= 15 is 0 Å². The van der Waals surface area contributed by atoms with Crippen LogP contribution >= 0.6 is 23.4 Å². The predicted molar refractivity (Wildman–Crippen MR) is 90.9 cm³/mol. The number of nitrogens with one attached hydrogen (secondary N) is 1. The quantitative estimate of drug-likeness (QED) is 0.499. The maximum atomic E-state index is 11.7. The van der Waals surface area contributed by atoms with Gasteiger partial charge in [-0.2, -0.15) is 5.10 Å². The van der Waals surface area contributed by atoms with E-state index in [-0.39, 0.29) is 11.7 Å². The summed E-state index contributed by atoms with van der Waals surface area (Å²) in [4.78, 5) is 12.7. The first kappa shape index (κ1) is 16.4. The van der Waals surface area contributed by atoms with Gasteiger partial charge in [-0.1, -0.05) is 23.7 Å². The molecule has 6 heteroatoms. The zero-order valence-electron chi connectivity index (χ0n) is 12.0. The first-order valence-electron chi connectivity index (χ1n) is 6.52. The number of nitrogens with zero attached hydrogens (tertiary/aromatic N) is 1. The summed E-state index contributed by atoms with van der Waals surface area (Å²) in [5.74, 6) is 0.812. The number of benzene rings is 2. The fourth-order valence-electron chi connectivity index (χ4n) is 1.66. The third-order valence-corrected chi connectivity index (χ3v) is 3.98. The predicted octanol–water partition coefficient (Wildman–Crippen LogP) is 3.59. The summed E-state index contributed by atoms with van der Waals surface area (Å²) in [5.41, 5.74) is 3.29. The molecule has 22 heavy (non-hydrogen) atoms. The maximum absolute atomic E-state index is 11.7. The van der Waals surface area contributed by atoms with Crippen LogP contribution in [0.4, 0.5) is 0 Å². The highest BCUT2D eigenvalue weighted by molar-refractivity contribution is 8.00. The van der Waals surface area contributed by atoms with Crippen molar-refractivity contribution in [1.82, 2.24) is 5.43 Å². The third-order valence-electron chi connectivity index (χ3n) is 2.72. The van der Waals surface area contributed by atoms with Crippen LogP contribution in [0.2, 0.25) is 5.02 Å². The number of rotatable bonds is 6. The zero-order valence-corrected chi connectivity index (χ0v) is 13.5. The molecule has 0 saturated heterocycles. The molecule has 0 saturated carbocycles. The van der Waals surface area contributed by atoms with Crippen molar-refractivity contribution in [2.24, 2.45) is 5.10 Å². The molecule has 1 amide bonds. The number of carbonyl (C=O) groups is 1. The van der Waals surface area contributed by atoms with Gasteiger partial charge >= 0.3 is 0 Å². The number of halogens is 1. The van der Waals surface area contributed by atoms with Crippen molar-refractivity contribution in [3.8, 4) is 5.75 Å². The normalized spacial score (nSPS) is 10.6. The van der Waals surface area contributed by atoms with Gasteiger partial charge in [0.05, 0.1) is 19.1 Å². The van der Waals surface area contributed by atoms with Crippen LogP contribution in [0.5, 0.6) is 5.75 Å². The molecule has 1 N–H and O–H groups in total. The lowest BCUT2D eigenvalue weighted by Crippen LogP contribution is -2.19. The first-order chi connectivity index (χ1) is 10.7. The number of hydrogen-bond acceptors (Lipinski definition) is 4. The molecular formula is C16H15ClN2O2S. The van der Waals surface area contributed by atoms with E-state index in [1.54, 1.807) is 25.5 Å². The second-order valence-electron chi connectivity index (χ2n) is 4.28. The lowest BCUT2D eigenvalue weighted by molar-refractivity contribution is -0.118. The summed E-state index contributed by atoms with van der Waals surface area (Å²) >= 11 is 7.23. The van der Waals surface area contributed by atoms with Crippen molar-refractivity contribution in [2.75, 3.05) is 12.9 Å². The fraction of sp³-hybridized carbons (Fsp3) is 0.125. The summed E-state index contributed by atoms with van der Waals surface area (Å²) in [7, 11) is 1.59. The highest BCUT2D eigenvalue weighted by Gasteiger charge is 2.02. The number of thioether (sulfide) groups is 1. The number of hydrazone groups is 1. The van der Waals surface area contributed by atoms with Crippen LogP contribution in [-0.4, -0.2) is 25.0 Å². The molecule has 0 atom stereocenters. The Morgan fingerprint density at radius 2 is 2.00 bits per heavy atom. The van der Waals surface area contributed by atoms with Gasteiger partial charge in [-0.25, -0.2) is 5.43 Å². The summed E-state index contributed by atoms with van der Waals surface area (Å²) in [6.45, 7) is 0. The van der Waals surface area contributed by atoms with Crippen LogP contribution < -0.4 is 10.2 Å². The molecule has 2 rings (SSSR count). The van der Waals surface area contributed by atoms with E-state index in [1.807, 2.05) is 36.4 Å². The number of amides is 1. The van der Waals surface area contributed by atoms with Gasteiger partial charge in [0.1, 0.15) is 5.75 Å². The van der Waals surface area contributed by atoms with Crippen LogP contribution in [0.15, 0.2) is 58.5 Å². The Morgan fingerprint density at radius 3 is 2.73 bits per heavy atom. The van der Waals surface area contributed by atoms with E-state index in [4.69, 9.17) is 16.3 Å². The smallest absolute Gasteiger partial charge is 0.250 e. The summed E-state index contributed by atoms with van der Waals surface area (Å²) in [6, 6.07) is 14.8. The Balaban J connectivity index is 1.82. The first-order valence-corrected chi connectivity index (χ1v) is 7.88. The number of hydrogen-bond donors (Lipinski definition) is 1. The van der Waals surface area contributed by atoms with E-state index < -0.39 is 0 Å². The minimum absolute atomic E-state index is 0.175. The fourth-order valence-corrected chi connectivity index (χ4v) is 2.48. The Labute approximate surface area is 138 Å². The summed E-state index contributed by atoms with van der Waals surface area (Å²) in [6.07, 6.45) is 1.56. The minimum atomic E-state index is -0.175. The molecule has 2 aromatic rings. The monoisotopic (exact) mass is 334 g/mol. The van der Waals surface area contributed by atoms with Crippen LogP contribution in [0.25, 0.3) is 0 Å². The van der Waals surface area contributed by atoms with E-state index in [2.05, 4.69) is 10.5 Å². The summed E-state index contributed by atoms with van der Waals surface area (Å²) < 4.78 is 5.20. The zero-order chi connectivity index (χ0) is 15.8. The van der Waals surface area contributed by atoms with Gasteiger partial charge in [0.25, 0.3) is 0 Å². The van der Waals surface area contributed by atoms with E-state index in [1.165, 1.54) is 11.8 Å². The molecule has 0 aliphatic heterocycles. The highest BCUT2D eigenvalue weighted by Crippen LogP contribution is 2.20. The molecule has 0 bridgehead atoms. The number of carbonyl (C=O) groups excluding carboxylic acids is 1. The maximum Gasteiger partial charge on any atom is 0.250 e. The van der Waals surface area contributed by atoms with Crippen LogP contribution in [0.3, 0.4) is 0 Å². The lowest BCUT2D eigenvalue weighted by Gasteiger charge is -2.03. The van der Waals surface area contributed by atoms with Crippen molar-refractivity contribution in [3.05, 3.63) is 59.1 Å². The average molecular weight is 335 g/mol. The average Bonchev–Trinajstić information content (AvgIpc) is 2.55. The van der Waals surface area contributed by atoms with Gasteiger partial charge in [-0.15, -0.1) is 11.8 Å². The van der Waals surface area contributed by atoms with Crippen LogP contribution in [0, 0.1) is 0 Å². The number of methoxy groups -OCH3 is 1. The largest absolute Gasteiger partial charge is 0.496 e. The molecule has 0 aliphatic rings. The Morgan fingerprint density at radius 1 is 1.27 bits per heavy atom. The van der Waals surface area contributed by atoms with Gasteiger partial charge in [-0.3, -0.25) is 4.79 Å². The topological polar surface area (TPSA) is 50.7 Å². The molecular weight excluding hydrogens is 320 g/mol. The van der Waals surface area contributed by atoms with E-state index in [0.717, 1.165) is 10.5 Å². The second kappa shape index (κ2) is 8.46. The molecule has 0 aliphatic carbocycles. The van der Waals surface area contributed by atoms with Crippen molar-refractivity contribution in [3.63, 3.8) is 0 Å². The molecule has 2 aromatic carbocycles. The Hall–Kier alpha value is -1.98.